The number of aliphatic carboxylic acids is 1. The third-order valence-electron chi connectivity index (χ3n) is 4.12. The van der Waals surface area contributed by atoms with Crippen LogP contribution in [0.4, 0.5) is 4.79 Å². The molecule has 1 aliphatic heterocycles. The first-order chi connectivity index (χ1) is 11.4. The number of aryl methyl sites for hydroxylation is 1. The van der Waals surface area contributed by atoms with Crippen LogP contribution in [-0.4, -0.2) is 54.7 Å². The maximum Gasteiger partial charge on any atom is 0.317 e. The van der Waals surface area contributed by atoms with Gasteiger partial charge in [0.25, 0.3) is 0 Å². The molecule has 0 saturated carbocycles. The van der Waals surface area contributed by atoms with Crippen LogP contribution in [0.25, 0.3) is 0 Å². The summed E-state index contributed by atoms with van der Waals surface area (Å²) in [5, 5.41) is 12.0. The number of nitrogens with zero attached hydrogens (tertiary/aromatic N) is 1. The first-order valence-electron chi connectivity index (χ1n) is 7.79. The van der Waals surface area contributed by atoms with Crippen molar-refractivity contribution < 1.29 is 24.2 Å². The number of carbonyl (C=O) groups excluding carboxylic acids is 2. The number of hydrogen-bond donors (Lipinski definition) is 2. The third kappa shape index (κ3) is 4.47. The number of amides is 2. The van der Waals surface area contributed by atoms with Crippen molar-refractivity contribution >= 4 is 18.0 Å². The Labute approximate surface area is 140 Å². The van der Waals surface area contributed by atoms with Gasteiger partial charge in [0.05, 0.1) is 18.9 Å². The van der Waals surface area contributed by atoms with Gasteiger partial charge in [0.1, 0.15) is 0 Å². The number of urea groups is 1. The molecule has 2 N–H and O–H groups in total. The fourth-order valence-electron chi connectivity index (χ4n) is 2.65. The first kappa shape index (κ1) is 17.8. The number of carboxylic acids is 1. The van der Waals surface area contributed by atoms with Gasteiger partial charge in [0.15, 0.2) is 0 Å². The van der Waals surface area contributed by atoms with Gasteiger partial charge in [0, 0.05) is 19.6 Å². The highest BCUT2D eigenvalue weighted by molar-refractivity contribution is 5.81. The molecule has 1 atom stereocenters. The molecule has 24 heavy (non-hydrogen) atoms. The van der Waals surface area contributed by atoms with E-state index < -0.39 is 11.9 Å². The predicted octanol–water partition coefficient (Wildman–Crippen LogP) is 1.05. The molecule has 1 saturated heterocycles. The molecule has 1 fully saturated rings. The zero-order valence-corrected chi connectivity index (χ0v) is 13.8. The summed E-state index contributed by atoms with van der Waals surface area (Å²) in [5.41, 5.74) is 1.99. The highest BCUT2D eigenvalue weighted by atomic mass is 16.5. The van der Waals surface area contributed by atoms with E-state index in [9.17, 15) is 19.5 Å². The second-order valence-corrected chi connectivity index (χ2v) is 6.04. The molecule has 0 aliphatic carbocycles. The van der Waals surface area contributed by atoms with Crippen LogP contribution in [0, 0.1) is 18.8 Å². The van der Waals surface area contributed by atoms with E-state index in [0.29, 0.717) is 19.5 Å². The van der Waals surface area contributed by atoms with E-state index in [2.05, 4.69) is 10.1 Å². The lowest BCUT2D eigenvalue weighted by Gasteiger charge is -2.37. The first-order valence-corrected chi connectivity index (χ1v) is 7.79. The predicted molar refractivity (Wildman–Crippen MR) is 86.5 cm³/mol. The standard InChI is InChI=1S/C17H22N2O5/c1-11-4-3-5-12(6-11)7-13(15(20)21)8-18-17(23)19-9-14(10-19)16(22)24-2/h3-6,13-14H,7-10H2,1-2H3,(H,18,23)(H,20,21). The van der Waals surface area contributed by atoms with Gasteiger partial charge in [-0.15, -0.1) is 0 Å². The summed E-state index contributed by atoms with van der Waals surface area (Å²) in [6, 6.07) is 7.29. The Morgan fingerprint density at radius 1 is 1.38 bits per heavy atom. The van der Waals surface area contributed by atoms with Gasteiger partial charge in [-0.3, -0.25) is 9.59 Å². The fraction of sp³-hybridized carbons (Fsp3) is 0.471. The number of methoxy groups -OCH3 is 1. The van der Waals surface area contributed by atoms with Crippen molar-refractivity contribution in [2.24, 2.45) is 11.8 Å². The fourth-order valence-corrected chi connectivity index (χ4v) is 2.65. The number of rotatable bonds is 6. The minimum atomic E-state index is -0.951. The number of carboxylic acid groups (broad SMARTS) is 1. The molecular weight excluding hydrogens is 312 g/mol. The maximum absolute atomic E-state index is 12.0. The van der Waals surface area contributed by atoms with Gasteiger partial charge in [-0.2, -0.15) is 0 Å². The molecule has 0 radical (unpaired) electrons. The topological polar surface area (TPSA) is 95.9 Å². The minimum Gasteiger partial charge on any atom is -0.481 e. The number of carbonyl (C=O) groups is 3. The average Bonchev–Trinajstić information content (AvgIpc) is 2.49. The Bertz CT molecular complexity index is 625. The molecule has 2 amide bonds. The SMILES string of the molecule is COC(=O)C1CN(C(=O)NCC(Cc2cccc(C)c2)C(=O)O)C1. The van der Waals surface area contributed by atoms with Crippen LogP contribution in [0.1, 0.15) is 11.1 Å². The van der Waals surface area contributed by atoms with Crippen molar-refractivity contribution in [1.82, 2.24) is 10.2 Å². The van der Waals surface area contributed by atoms with Gasteiger partial charge in [0.2, 0.25) is 0 Å². The van der Waals surface area contributed by atoms with E-state index >= 15 is 0 Å². The molecular formula is C17H22N2O5. The lowest BCUT2D eigenvalue weighted by Crippen LogP contribution is -2.57. The van der Waals surface area contributed by atoms with Crippen LogP contribution in [0.5, 0.6) is 0 Å². The Balaban J connectivity index is 1.83. The summed E-state index contributed by atoms with van der Waals surface area (Å²) in [4.78, 5) is 36.1. The van der Waals surface area contributed by atoms with Gasteiger partial charge in [-0.05, 0) is 18.9 Å². The molecule has 0 aromatic heterocycles. The van der Waals surface area contributed by atoms with Crippen molar-refractivity contribution in [1.29, 1.82) is 0 Å². The van der Waals surface area contributed by atoms with Crippen molar-refractivity contribution in [2.45, 2.75) is 13.3 Å². The van der Waals surface area contributed by atoms with Gasteiger partial charge < -0.3 is 20.1 Å². The van der Waals surface area contributed by atoms with E-state index in [0.717, 1.165) is 11.1 Å². The van der Waals surface area contributed by atoms with Crippen LogP contribution in [0.15, 0.2) is 24.3 Å². The van der Waals surface area contributed by atoms with Gasteiger partial charge in [-0.25, -0.2) is 4.79 Å². The lowest BCUT2D eigenvalue weighted by molar-refractivity contribution is -0.149. The Hall–Kier alpha value is -2.57. The molecule has 1 aliphatic rings. The molecule has 1 aromatic carbocycles. The zero-order valence-electron chi connectivity index (χ0n) is 13.8. The van der Waals surface area contributed by atoms with Gasteiger partial charge in [-0.1, -0.05) is 29.8 Å². The Morgan fingerprint density at radius 3 is 2.67 bits per heavy atom. The monoisotopic (exact) mass is 334 g/mol. The van der Waals surface area contributed by atoms with E-state index in [4.69, 9.17) is 0 Å². The normalized spacial score (nSPS) is 15.3. The molecule has 130 valence electrons. The summed E-state index contributed by atoms with van der Waals surface area (Å²) in [6.45, 7) is 2.59. The zero-order chi connectivity index (χ0) is 17.7. The molecule has 7 nitrogen and oxygen atoms in total. The quantitative estimate of drug-likeness (QED) is 0.758. The lowest BCUT2D eigenvalue weighted by atomic mass is 9.98. The van der Waals surface area contributed by atoms with E-state index in [-0.39, 0.29) is 24.5 Å². The minimum absolute atomic E-state index is 0.0432. The second kappa shape index (κ2) is 7.81. The number of ether oxygens (including phenoxy) is 1. The van der Waals surface area contributed by atoms with Crippen molar-refractivity contribution in [3.05, 3.63) is 35.4 Å². The van der Waals surface area contributed by atoms with Crippen LogP contribution < -0.4 is 5.32 Å². The summed E-state index contributed by atoms with van der Waals surface area (Å²) in [6.07, 6.45) is 0.349. The van der Waals surface area contributed by atoms with Gasteiger partial charge >= 0.3 is 18.0 Å². The largest absolute Gasteiger partial charge is 0.481 e. The summed E-state index contributed by atoms with van der Waals surface area (Å²) >= 11 is 0. The highest BCUT2D eigenvalue weighted by Crippen LogP contribution is 2.17. The molecule has 1 unspecified atom stereocenters. The summed E-state index contributed by atoms with van der Waals surface area (Å²) in [7, 11) is 1.31. The number of benzene rings is 1. The van der Waals surface area contributed by atoms with E-state index in [1.165, 1.54) is 12.0 Å². The summed E-state index contributed by atoms with van der Waals surface area (Å²) < 4.78 is 4.61. The van der Waals surface area contributed by atoms with Crippen molar-refractivity contribution in [3.63, 3.8) is 0 Å². The van der Waals surface area contributed by atoms with Crippen molar-refractivity contribution in [3.8, 4) is 0 Å². The third-order valence-corrected chi connectivity index (χ3v) is 4.12. The number of nitrogens with one attached hydrogen (secondary N) is 1. The molecule has 1 aromatic rings. The van der Waals surface area contributed by atoms with Crippen molar-refractivity contribution in [2.75, 3.05) is 26.7 Å². The van der Waals surface area contributed by atoms with Crippen LogP contribution >= 0.6 is 0 Å². The van der Waals surface area contributed by atoms with E-state index in [1.54, 1.807) is 0 Å². The smallest absolute Gasteiger partial charge is 0.317 e. The Kier molecular flexibility index (Phi) is 5.78. The highest BCUT2D eigenvalue weighted by Gasteiger charge is 2.36. The van der Waals surface area contributed by atoms with E-state index in [1.807, 2.05) is 31.2 Å². The number of likely N-dealkylation sites (tertiary alicyclic amines) is 1. The Morgan fingerprint density at radius 2 is 2.08 bits per heavy atom. The number of esters is 1. The molecule has 2 rings (SSSR count). The van der Waals surface area contributed by atoms with Crippen LogP contribution in [0.2, 0.25) is 0 Å². The molecule has 1 heterocycles. The average molecular weight is 334 g/mol. The van der Waals surface area contributed by atoms with Crippen LogP contribution in [0.3, 0.4) is 0 Å². The molecule has 0 bridgehead atoms. The molecule has 0 spiro atoms. The number of hydrogen-bond acceptors (Lipinski definition) is 4. The molecule has 7 heteroatoms. The van der Waals surface area contributed by atoms with Crippen LogP contribution in [-0.2, 0) is 20.7 Å². The second-order valence-electron chi connectivity index (χ2n) is 6.04. The summed E-state index contributed by atoms with van der Waals surface area (Å²) in [5.74, 6) is -2.27. The maximum atomic E-state index is 12.0.